The van der Waals surface area contributed by atoms with E-state index in [1.165, 1.54) is 4.90 Å². The Balaban J connectivity index is 1.73. The molecule has 0 saturated carbocycles. The standard InChI is InChI=1S/C20H23N3O2/c21-17-11-12-23(14-17)20(25)19(24)22-18(16-9-5-2-6-10-16)13-15-7-3-1-4-8-15/h1-10,17-18H,11-14,21H2,(H,22,24)/t17-,18?/m1/s1. The highest BCUT2D eigenvalue weighted by Crippen LogP contribution is 2.19. The minimum absolute atomic E-state index is 0.0361. The van der Waals surface area contributed by atoms with Crippen LogP contribution in [0.3, 0.4) is 0 Å². The van der Waals surface area contributed by atoms with Crippen LogP contribution >= 0.6 is 0 Å². The lowest BCUT2D eigenvalue weighted by Crippen LogP contribution is -2.44. The number of likely N-dealkylation sites (tertiary alicyclic amines) is 1. The van der Waals surface area contributed by atoms with Gasteiger partial charge in [-0.25, -0.2) is 0 Å². The second-order valence-corrected chi connectivity index (χ2v) is 6.43. The maximum Gasteiger partial charge on any atom is 0.311 e. The smallest absolute Gasteiger partial charge is 0.311 e. The topological polar surface area (TPSA) is 75.4 Å². The van der Waals surface area contributed by atoms with E-state index in [1.54, 1.807) is 0 Å². The van der Waals surface area contributed by atoms with E-state index in [9.17, 15) is 9.59 Å². The molecule has 0 spiro atoms. The molecule has 0 aliphatic carbocycles. The number of amides is 2. The van der Waals surface area contributed by atoms with E-state index in [4.69, 9.17) is 5.73 Å². The molecule has 1 fully saturated rings. The summed E-state index contributed by atoms with van der Waals surface area (Å²) in [4.78, 5) is 26.4. The van der Waals surface area contributed by atoms with Gasteiger partial charge < -0.3 is 16.0 Å². The number of hydrogen-bond acceptors (Lipinski definition) is 3. The van der Waals surface area contributed by atoms with Gasteiger partial charge >= 0.3 is 11.8 Å². The Morgan fingerprint density at radius 3 is 2.32 bits per heavy atom. The van der Waals surface area contributed by atoms with Crippen molar-refractivity contribution in [2.24, 2.45) is 5.73 Å². The lowest BCUT2D eigenvalue weighted by molar-refractivity contribution is -0.145. The largest absolute Gasteiger partial charge is 0.341 e. The van der Waals surface area contributed by atoms with Crippen LogP contribution in [0.5, 0.6) is 0 Å². The molecule has 1 aliphatic rings. The minimum atomic E-state index is -0.570. The lowest BCUT2D eigenvalue weighted by Gasteiger charge is -2.21. The Labute approximate surface area is 147 Å². The monoisotopic (exact) mass is 337 g/mol. The van der Waals surface area contributed by atoms with Crippen molar-refractivity contribution in [3.8, 4) is 0 Å². The molecule has 25 heavy (non-hydrogen) atoms. The van der Waals surface area contributed by atoms with Crippen molar-refractivity contribution in [2.45, 2.75) is 24.9 Å². The number of nitrogens with zero attached hydrogens (tertiary/aromatic N) is 1. The number of benzene rings is 2. The van der Waals surface area contributed by atoms with Crippen LogP contribution in [-0.4, -0.2) is 35.8 Å². The molecule has 2 amide bonds. The normalized spacial score (nSPS) is 18.0. The van der Waals surface area contributed by atoms with Gasteiger partial charge in [-0.2, -0.15) is 0 Å². The Kier molecular flexibility index (Phi) is 5.46. The zero-order valence-corrected chi connectivity index (χ0v) is 14.1. The van der Waals surface area contributed by atoms with Gasteiger partial charge in [0.25, 0.3) is 0 Å². The van der Waals surface area contributed by atoms with Gasteiger partial charge in [-0.1, -0.05) is 60.7 Å². The molecule has 1 aliphatic heterocycles. The van der Waals surface area contributed by atoms with Crippen molar-refractivity contribution in [3.63, 3.8) is 0 Å². The first-order valence-corrected chi connectivity index (χ1v) is 8.57. The summed E-state index contributed by atoms with van der Waals surface area (Å²) in [6, 6.07) is 19.4. The molecular weight excluding hydrogens is 314 g/mol. The number of carbonyl (C=O) groups excluding carboxylic acids is 2. The third-order valence-electron chi connectivity index (χ3n) is 4.50. The quantitative estimate of drug-likeness (QED) is 0.833. The molecule has 1 saturated heterocycles. The molecule has 0 aromatic heterocycles. The summed E-state index contributed by atoms with van der Waals surface area (Å²) < 4.78 is 0. The van der Waals surface area contributed by atoms with Crippen molar-refractivity contribution in [2.75, 3.05) is 13.1 Å². The van der Waals surface area contributed by atoms with E-state index in [1.807, 2.05) is 60.7 Å². The number of nitrogens with one attached hydrogen (secondary N) is 1. The Morgan fingerprint density at radius 2 is 1.72 bits per heavy atom. The summed E-state index contributed by atoms with van der Waals surface area (Å²) >= 11 is 0. The van der Waals surface area contributed by atoms with Crippen LogP contribution in [0.1, 0.15) is 23.6 Å². The molecule has 0 bridgehead atoms. The van der Waals surface area contributed by atoms with Crippen molar-refractivity contribution < 1.29 is 9.59 Å². The van der Waals surface area contributed by atoms with Gasteiger partial charge in [0.1, 0.15) is 0 Å². The minimum Gasteiger partial charge on any atom is -0.341 e. The van der Waals surface area contributed by atoms with Crippen LogP contribution in [0.25, 0.3) is 0 Å². The molecule has 130 valence electrons. The Hall–Kier alpha value is -2.66. The Bertz CT molecular complexity index is 718. The first kappa shape index (κ1) is 17.2. The SMILES string of the molecule is N[C@@H]1CCN(C(=O)C(=O)NC(Cc2ccccc2)c2ccccc2)C1. The fraction of sp³-hybridized carbons (Fsp3) is 0.300. The summed E-state index contributed by atoms with van der Waals surface area (Å²) in [5, 5.41) is 2.90. The molecule has 2 aromatic rings. The van der Waals surface area contributed by atoms with Gasteiger partial charge in [0.15, 0.2) is 0 Å². The van der Waals surface area contributed by atoms with Crippen molar-refractivity contribution in [1.29, 1.82) is 0 Å². The Morgan fingerprint density at radius 1 is 1.08 bits per heavy atom. The van der Waals surface area contributed by atoms with Crippen molar-refractivity contribution in [3.05, 3.63) is 71.8 Å². The second kappa shape index (κ2) is 7.94. The predicted molar refractivity (Wildman–Crippen MR) is 96.6 cm³/mol. The molecule has 2 aromatic carbocycles. The fourth-order valence-electron chi connectivity index (χ4n) is 3.12. The summed E-state index contributed by atoms with van der Waals surface area (Å²) in [6.45, 7) is 0.989. The first-order chi connectivity index (χ1) is 12.1. The molecule has 5 nitrogen and oxygen atoms in total. The van der Waals surface area contributed by atoms with E-state index in [0.717, 1.165) is 17.5 Å². The van der Waals surface area contributed by atoms with Crippen LogP contribution in [0.4, 0.5) is 0 Å². The maximum atomic E-state index is 12.5. The van der Waals surface area contributed by atoms with E-state index in [0.29, 0.717) is 19.5 Å². The maximum absolute atomic E-state index is 12.5. The predicted octanol–water partition coefficient (Wildman–Crippen LogP) is 1.65. The van der Waals surface area contributed by atoms with E-state index in [-0.39, 0.29) is 12.1 Å². The van der Waals surface area contributed by atoms with Crippen LogP contribution in [0.15, 0.2) is 60.7 Å². The fourth-order valence-corrected chi connectivity index (χ4v) is 3.12. The third-order valence-corrected chi connectivity index (χ3v) is 4.50. The number of rotatable bonds is 4. The lowest BCUT2D eigenvalue weighted by atomic mass is 9.99. The highest BCUT2D eigenvalue weighted by Gasteiger charge is 2.29. The molecule has 5 heteroatoms. The van der Waals surface area contributed by atoms with Gasteiger partial charge in [-0.05, 0) is 24.0 Å². The van der Waals surface area contributed by atoms with Crippen LogP contribution in [-0.2, 0) is 16.0 Å². The number of carbonyl (C=O) groups is 2. The van der Waals surface area contributed by atoms with Crippen LogP contribution in [0, 0.1) is 0 Å². The number of hydrogen-bond donors (Lipinski definition) is 2. The molecule has 2 atom stereocenters. The van der Waals surface area contributed by atoms with Crippen LogP contribution < -0.4 is 11.1 Å². The zero-order valence-electron chi connectivity index (χ0n) is 14.1. The van der Waals surface area contributed by atoms with Gasteiger partial charge in [0.2, 0.25) is 0 Å². The molecular formula is C20H23N3O2. The van der Waals surface area contributed by atoms with Crippen molar-refractivity contribution >= 4 is 11.8 Å². The molecule has 3 rings (SSSR count). The van der Waals surface area contributed by atoms with Gasteiger partial charge in [-0.15, -0.1) is 0 Å². The summed E-state index contributed by atoms with van der Waals surface area (Å²) in [6.07, 6.45) is 1.37. The van der Waals surface area contributed by atoms with E-state index < -0.39 is 11.8 Å². The summed E-state index contributed by atoms with van der Waals surface area (Å²) in [7, 11) is 0. The first-order valence-electron chi connectivity index (χ1n) is 8.57. The average Bonchev–Trinajstić information content (AvgIpc) is 3.08. The third kappa shape index (κ3) is 4.45. The van der Waals surface area contributed by atoms with E-state index in [2.05, 4.69) is 5.32 Å². The van der Waals surface area contributed by atoms with Gasteiger partial charge in [-0.3, -0.25) is 9.59 Å². The second-order valence-electron chi connectivity index (χ2n) is 6.43. The van der Waals surface area contributed by atoms with E-state index >= 15 is 0 Å². The molecule has 0 radical (unpaired) electrons. The molecule has 1 heterocycles. The summed E-state index contributed by atoms with van der Waals surface area (Å²) in [5.41, 5.74) is 7.91. The van der Waals surface area contributed by atoms with Gasteiger partial charge in [0.05, 0.1) is 6.04 Å². The highest BCUT2D eigenvalue weighted by molar-refractivity contribution is 6.35. The van der Waals surface area contributed by atoms with Gasteiger partial charge in [0, 0.05) is 19.1 Å². The van der Waals surface area contributed by atoms with Crippen LogP contribution in [0.2, 0.25) is 0 Å². The zero-order chi connectivity index (χ0) is 17.6. The number of nitrogens with two attached hydrogens (primary N) is 1. The summed E-state index contributed by atoms with van der Waals surface area (Å²) in [5.74, 6) is -1.07. The van der Waals surface area contributed by atoms with Crippen molar-refractivity contribution in [1.82, 2.24) is 10.2 Å². The molecule has 1 unspecified atom stereocenters. The molecule has 3 N–H and O–H groups in total. The average molecular weight is 337 g/mol. The highest BCUT2D eigenvalue weighted by atomic mass is 16.2.